The van der Waals surface area contributed by atoms with Crippen LogP contribution in [0, 0.1) is 0 Å². The highest BCUT2D eigenvalue weighted by atomic mass is 32.2. The van der Waals surface area contributed by atoms with Gasteiger partial charge in [0.15, 0.2) is 0 Å². The van der Waals surface area contributed by atoms with Gasteiger partial charge in [0, 0.05) is 23.7 Å². The number of carbonyl (C=O) groups excluding carboxylic acids is 1. The molecule has 1 aliphatic carbocycles. The minimum Gasteiger partial charge on any atom is -0.444 e. The zero-order valence-corrected chi connectivity index (χ0v) is 19.7. The van der Waals surface area contributed by atoms with Crippen molar-refractivity contribution in [2.75, 3.05) is 10.0 Å². The number of nitrogens with zero attached hydrogens (tertiary/aromatic N) is 2. The van der Waals surface area contributed by atoms with E-state index in [1.165, 1.54) is 10.5 Å². The van der Waals surface area contributed by atoms with Crippen molar-refractivity contribution in [3.63, 3.8) is 0 Å². The number of hydrogen-bond donors (Lipinski definition) is 3. The number of ether oxygens (including phenoxy) is 1. The number of amides is 1. The second-order valence-corrected chi connectivity index (χ2v) is 11.0. The number of pyridine rings is 1. The van der Waals surface area contributed by atoms with Crippen molar-refractivity contribution in [1.29, 1.82) is 0 Å². The number of nitrogens with one attached hydrogen (secondary N) is 2. The van der Waals surface area contributed by atoms with Crippen LogP contribution in [0.3, 0.4) is 0 Å². The first-order valence-corrected chi connectivity index (χ1v) is 12.3. The summed E-state index contributed by atoms with van der Waals surface area (Å²) < 4.78 is 34.5. The molecule has 33 heavy (non-hydrogen) atoms. The molecule has 3 aromatic rings. The predicted octanol–water partition coefficient (Wildman–Crippen LogP) is 3.79. The number of H-pyrrole nitrogens is 1. The Labute approximate surface area is 193 Å². The average Bonchev–Trinajstić information content (AvgIpc) is 3.38. The summed E-state index contributed by atoms with van der Waals surface area (Å²) in [7, 11) is -3.94. The van der Waals surface area contributed by atoms with Gasteiger partial charge in [-0.15, -0.1) is 0 Å². The van der Waals surface area contributed by atoms with E-state index in [1.807, 2.05) is 0 Å². The van der Waals surface area contributed by atoms with Crippen LogP contribution in [-0.4, -0.2) is 42.2 Å². The predicted molar refractivity (Wildman–Crippen MR) is 127 cm³/mol. The van der Waals surface area contributed by atoms with E-state index < -0.39 is 27.8 Å². The fraction of sp³-hybridized carbons (Fsp3) is 0.391. The van der Waals surface area contributed by atoms with E-state index in [4.69, 9.17) is 10.5 Å². The first-order valence-electron chi connectivity index (χ1n) is 10.9. The molecule has 0 unspecified atom stereocenters. The summed E-state index contributed by atoms with van der Waals surface area (Å²) in [5, 5.41) is 3.50. The molecule has 0 saturated heterocycles. The van der Waals surface area contributed by atoms with Crippen LogP contribution in [0.1, 0.15) is 40.0 Å². The van der Waals surface area contributed by atoms with Gasteiger partial charge in [0.05, 0.1) is 22.5 Å². The van der Waals surface area contributed by atoms with Crippen molar-refractivity contribution in [1.82, 2.24) is 15.3 Å². The number of carbonyl (C=O) groups is 1. The number of aromatic amines is 1. The third kappa shape index (κ3) is 4.75. The van der Waals surface area contributed by atoms with Gasteiger partial charge in [-0.05, 0) is 58.2 Å². The lowest BCUT2D eigenvalue weighted by molar-refractivity contribution is 0.0505. The minimum absolute atomic E-state index is 0.174. The van der Waals surface area contributed by atoms with Crippen molar-refractivity contribution < 1.29 is 17.9 Å². The first kappa shape index (κ1) is 22.9. The molecule has 1 aliphatic rings. The maximum atomic E-state index is 13.9. The molecule has 10 heteroatoms. The van der Waals surface area contributed by atoms with Gasteiger partial charge in [0.2, 0.25) is 0 Å². The van der Waals surface area contributed by atoms with Crippen LogP contribution in [0.25, 0.3) is 11.0 Å². The molecule has 9 nitrogen and oxygen atoms in total. The number of nitrogens with two attached hydrogens (primary N) is 1. The number of alkyl carbamates (subject to hydrolysis) is 1. The van der Waals surface area contributed by atoms with Crippen LogP contribution in [-0.2, 0) is 14.8 Å². The molecule has 0 radical (unpaired) electrons. The molecule has 1 amide bonds. The highest BCUT2D eigenvalue weighted by Gasteiger charge is 2.39. The van der Waals surface area contributed by atoms with Gasteiger partial charge in [0.25, 0.3) is 10.0 Å². The molecule has 1 saturated carbocycles. The summed E-state index contributed by atoms with van der Waals surface area (Å²) >= 11 is 0. The molecule has 2 heterocycles. The largest absolute Gasteiger partial charge is 0.444 e. The molecule has 1 aromatic carbocycles. The molecule has 0 spiro atoms. The zero-order valence-electron chi connectivity index (χ0n) is 18.9. The SMILES string of the molecule is CC(C)(C)OC(=O)N[C@@H]1CC[C@@H](N(c2c(N)cnc3[nH]ccc23)S(=O)(=O)c2ccccc2)C1. The summed E-state index contributed by atoms with van der Waals surface area (Å²) in [6.45, 7) is 5.39. The fourth-order valence-electron chi connectivity index (χ4n) is 4.24. The molecular formula is C23H29N5O4S. The first-order chi connectivity index (χ1) is 15.6. The third-order valence-electron chi connectivity index (χ3n) is 5.56. The number of aromatic nitrogens is 2. The van der Waals surface area contributed by atoms with Crippen LogP contribution < -0.4 is 15.4 Å². The second kappa shape index (κ2) is 8.58. The number of nitrogen functional groups attached to an aromatic ring is 1. The lowest BCUT2D eigenvalue weighted by Crippen LogP contribution is -2.42. The Kier molecular flexibility index (Phi) is 5.96. The molecule has 4 N–H and O–H groups in total. The van der Waals surface area contributed by atoms with Crippen LogP contribution >= 0.6 is 0 Å². The Hall–Kier alpha value is -3.27. The van der Waals surface area contributed by atoms with Crippen LogP contribution in [0.15, 0.2) is 53.7 Å². The molecule has 1 fully saturated rings. The quantitative estimate of drug-likeness (QED) is 0.519. The van der Waals surface area contributed by atoms with Gasteiger partial charge < -0.3 is 20.8 Å². The van der Waals surface area contributed by atoms with Crippen molar-refractivity contribution >= 4 is 38.5 Å². The van der Waals surface area contributed by atoms with E-state index in [1.54, 1.807) is 63.4 Å². The Morgan fingerprint density at radius 2 is 1.94 bits per heavy atom. The summed E-state index contributed by atoms with van der Waals surface area (Å²) in [6, 6.07) is 9.43. The molecule has 176 valence electrons. The van der Waals surface area contributed by atoms with Gasteiger partial charge in [-0.1, -0.05) is 18.2 Å². The average molecular weight is 472 g/mol. The number of benzene rings is 1. The van der Waals surface area contributed by atoms with E-state index >= 15 is 0 Å². The second-order valence-electron chi connectivity index (χ2n) is 9.23. The van der Waals surface area contributed by atoms with Gasteiger partial charge in [0.1, 0.15) is 11.2 Å². The molecule has 0 aliphatic heterocycles. The molecule has 2 atom stereocenters. The van der Waals surface area contributed by atoms with Gasteiger partial charge in [-0.2, -0.15) is 0 Å². The maximum absolute atomic E-state index is 13.9. The standard InChI is InChI=1S/C23H29N5O4S/c1-23(2,3)32-22(29)27-15-9-10-16(13-15)28(33(30,31)17-7-5-4-6-8-17)20-18-11-12-25-21(18)26-14-19(20)24/h4-8,11-12,14-16H,9-10,13,24H2,1-3H3,(H,25,26)(H,27,29)/t15-,16-/m1/s1. The molecular weight excluding hydrogens is 442 g/mol. The lowest BCUT2D eigenvalue weighted by atomic mass is 10.2. The smallest absolute Gasteiger partial charge is 0.407 e. The van der Waals surface area contributed by atoms with Gasteiger partial charge >= 0.3 is 6.09 Å². The topological polar surface area (TPSA) is 130 Å². The lowest BCUT2D eigenvalue weighted by Gasteiger charge is -2.32. The number of rotatable bonds is 5. The normalized spacial score (nSPS) is 18.9. The molecule has 0 bridgehead atoms. The number of sulfonamides is 1. The molecule has 4 rings (SSSR count). The van der Waals surface area contributed by atoms with Crippen molar-refractivity contribution in [3.8, 4) is 0 Å². The summed E-state index contributed by atoms with van der Waals surface area (Å²) in [5.41, 5.74) is 6.90. The van der Waals surface area contributed by atoms with Gasteiger partial charge in [-0.25, -0.2) is 18.2 Å². The van der Waals surface area contributed by atoms with Crippen molar-refractivity contribution in [2.24, 2.45) is 0 Å². The Morgan fingerprint density at radius 1 is 1.21 bits per heavy atom. The summed E-state index contributed by atoms with van der Waals surface area (Å²) in [6.07, 6.45) is 4.26. The van der Waals surface area contributed by atoms with Crippen LogP contribution in [0.5, 0.6) is 0 Å². The number of anilines is 2. The summed E-state index contributed by atoms with van der Waals surface area (Å²) in [4.78, 5) is 19.7. The van der Waals surface area contributed by atoms with E-state index in [9.17, 15) is 13.2 Å². The van der Waals surface area contributed by atoms with Crippen molar-refractivity contribution in [3.05, 3.63) is 48.8 Å². The number of fused-ring (bicyclic) bond motifs is 1. The van der Waals surface area contributed by atoms with Crippen molar-refractivity contribution in [2.45, 2.75) is 62.6 Å². The Bertz CT molecular complexity index is 1250. The Morgan fingerprint density at radius 3 is 2.64 bits per heavy atom. The highest BCUT2D eigenvalue weighted by molar-refractivity contribution is 7.93. The van der Waals surface area contributed by atoms with E-state index in [0.29, 0.717) is 36.0 Å². The van der Waals surface area contributed by atoms with E-state index in [0.717, 1.165) is 0 Å². The van der Waals surface area contributed by atoms with Crippen LogP contribution in [0.2, 0.25) is 0 Å². The van der Waals surface area contributed by atoms with E-state index in [-0.39, 0.29) is 16.6 Å². The third-order valence-corrected chi connectivity index (χ3v) is 7.43. The molecule has 2 aromatic heterocycles. The minimum atomic E-state index is -3.94. The zero-order chi connectivity index (χ0) is 23.8. The van der Waals surface area contributed by atoms with Crippen LogP contribution in [0.4, 0.5) is 16.2 Å². The monoisotopic (exact) mass is 471 g/mol. The Balaban J connectivity index is 1.71. The number of hydrogen-bond acceptors (Lipinski definition) is 6. The van der Waals surface area contributed by atoms with Gasteiger partial charge in [-0.3, -0.25) is 4.31 Å². The van der Waals surface area contributed by atoms with E-state index in [2.05, 4.69) is 15.3 Å². The summed E-state index contributed by atoms with van der Waals surface area (Å²) in [5.74, 6) is 0. The highest BCUT2D eigenvalue weighted by Crippen LogP contribution is 2.40. The maximum Gasteiger partial charge on any atom is 0.407 e. The fourth-order valence-corrected chi connectivity index (χ4v) is 5.99.